The molecule has 144 valence electrons. The molecule has 0 bridgehead atoms. The van der Waals surface area contributed by atoms with Crippen LogP contribution < -0.4 is 4.74 Å². The Morgan fingerprint density at radius 3 is 2.48 bits per heavy atom. The van der Waals surface area contributed by atoms with Crippen LogP contribution >= 0.6 is 11.8 Å². The van der Waals surface area contributed by atoms with Crippen molar-refractivity contribution in [3.05, 3.63) is 34.7 Å². The molecule has 0 radical (unpaired) electrons. The number of carbonyl (C=O) groups is 4. The summed E-state index contributed by atoms with van der Waals surface area (Å²) in [5.41, 5.74) is 0.662. The van der Waals surface area contributed by atoms with E-state index < -0.39 is 29.1 Å². The molecule has 1 aromatic rings. The van der Waals surface area contributed by atoms with E-state index in [1.165, 1.54) is 14.0 Å². The zero-order chi connectivity index (χ0) is 20.0. The first kappa shape index (κ1) is 20.5. The SMILES string of the molecule is CCOC(=O)COc1ccc(/C=C2\SC(=O)N([C@@H](C)C(=O)OC)C2=O)cc1. The fraction of sp³-hybridized carbons (Fsp3) is 0.333. The molecular weight excluding hydrogens is 374 g/mol. The Balaban J connectivity index is 2.06. The Hall–Kier alpha value is -2.81. The maximum atomic E-state index is 12.4. The molecule has 1 aromatic carbocycles. The predicted molar refractivity (Wildman–Crippen MR) is 97.9 cm³/mol. The minimum Gasteiger partial charge on any atom is -0.482 e. The third kappa shape index (κ3) is 5.10. The monoisotopic (exact) mass is 393 g/mol. The lowest BCUT2D eigenvalue weighted by molar-refractivity contribution is -0.148. The van der Waals surface area contributed by atoms with Gasteiger partial charge in [0.1, 0.15) is 11.8 Å². The van der Waals surface area contributed by atoms with Gasteiger partial charge in [-0.05, 0) is 49.4 Å². The maximum absolute atomic E-state index is 12.4. The van der Waals surface area contributed by atoms with E-state index in [0.29, 0.717) is 11.3 Å². The Kier molecular flexibility index (Phi) is 7.00. The van der Waals surface area contributed by atoms with Crippen molar-refractivity contribution < 1.29 is 33.4 Å². The number of amides is 2. The molecule has 1 atom stereocenters. The molecule has 1 heterocycles. The predicted octanol–water partition coefficient (Wildman–Crippen LogP) is 2.23. The number of imide groups is 1. The number of rotatable bonds is 7. The van der Waals surface area contributed by atoms with Gasteiger partial charge >= 0.3 is 11.9 Å². The first-order valence-corrected chi connectivity index (χ1v) is 8.92. The summed E-state index contributed by atoms with van der Waals surface area (Å²) in [5, 5.41) is -0.529. The molecule has 0 aromatic heterocycles. The summed E-state index contributed by atoms with van der Waals surface area (Å²) in [5.74, 6) is -1.21. The lowest BCUT2D eigenvalue weighted by Gasteiger charge is -2.18. The second kappa shape index (κ2) is 9.22. The first-order valence-electron chi connectivity index (χ1n) is 8.10. The maximum Gasteiger partial charge on any atom is 0.344 e. The van der Waals surface area contributed by atoms with Crippen LogP contribution in [0.1, 0.15) is 19.4 Å². The molecule has 0 saturated carbocycles. The molecule has 0 N–H and O–H groups in total. The van der Waals surface area contributed by atoms with E-state index in [0.717, 1.165) is 16.7 Å². The summed E-state index contributed by atoms with van der Waals surface area (Å²) in [4.78, 5) is 48.4. The van der Waals surface area contributed by atoms with Gasteiger partial charge in [-0.15, -0.1) is 0 Å². The molecule has 27 heavy (non-hydrogen) atoms. The van der Waals surface area contributed by atoms with Gasteiger partial charge in [0.2, 0.25) is 0 Å². The van der Waals surface area contributed by atoms with Gasteiger partial charge in [-0.1, -0.05) is 12.1 Å². The quantitative estimate of drug-likeness (QED) is 0.514. The fourth-order valence-corrected chi connectivity index (χ4v) is 3.15. The molecule has 1 aliphatic heterocycles. The number of ether oxygens (including phenoxy) is 3. The van der Waals surface area contributed by atoms with Gasteiger partial charge in [-0.2, -0.15) is 0 Å². The normalized spacial score (nSPS) is 16.4. The van der Waals surface area contributed by atoms with E-state index in [9.17, 15) is 19.2 Å². The zero-order valence-corrected chi connectivity index (χ0v) is 15.9. The highest BCUT2D eigenvalue weighted by molar-refractivity contribution is 8.18. The van der Waals surface area contributed by atoms with Crippen molar-refractivity contribution >= 4 is 40.9 Å². The van der Waals surface area contributed by atoms with Crippen molar-refractivity contribution in [2.75, 3.05) is 20.3 Å². The standard InChI is InChI=1S/C18H19NO7S/c1-4-25-15(20)10-26-13-7-5-12(6-8-13)9-14-16(21)19(18(23)27-14)11(2)17(22)24-3/h5-9,11H,4,10H2,1-3H3/b14-9-/t11-/m0/s1. The smallest absolute Gasteiger partial charge is 0.344 e. The van der Waals surface area contributed by atoms with Crippen molar-refractivity contribution in [3.8, 4) is 5.75 Å². The number of carbonyl (C=O) groups excluding carboxylic acids is 4. The van der Waals surface area contributed by atoms with E-state index in [1.807, 2.05) is 0 Å². The van der Waals surface area contributed by atoms with Crippen LogP contribution in [0.4, 0.5) is 4.79 Å². The van der Waals surface area contributed by atoms with E-state index >= 15 is 0 Å². The number of hydrogen-bond acceptors (Lipinski definition) is 8. The van der Waals surface area contributed by atoms with Crippen LogP contribution in [-0.4, -0.2) is 54.4 Å². The average Bonchev–Trinajstić information content (AvgIpc) is 2.93. The molecule has 2 amide bonds. The van der Waals surface area contributed by atoms with Crippen molar-refractivity contribution in [1.29, 1.82) is 0 Å². The highest BCUT2D eigenvalue weighted by Gasteiger charge is 2.41. The number of nitrogens with zero attached hydrogens (tertiary/aromatic N) is 1. The van der Waals surface area contributed by atoms with Crippen LogP contribution in [0.15, 0.2) is 29.2 Å². The van der Waals surface area contributed by atoms with Crippen molar-refractivity contribution in [2.45, 2.75) is 19.9 Å². The molecule has 9 heteroatoms. The van der Waals surface area contributed by atoms with E-state index in [2.05, 4.69) is 4.74 Å². The van der Waals surface area contributed by atoms with Gasteiger partial charge in [0.15, 0.2) is 6.61 Å². The number of thioether (sulfide) groups is 1. The molecule has 0 unspecified atom stereocenters. The van der Waals surface area contributed by atoms with Crippen molar-refractivity contribution in [1.82, 2.24) is 4.90 Å². The summed E-state index contributed by atoms with van der Waals surface area (Å²) < 4.78 is 14.6. The highest BCUT2D eigenvalue weighted by atomic mass is 32.2. The van der Waals surface area contributed by atoms with E-state index in [4.69, 9.17) is 9.47 Å². The third-order valence-corrected chi connectivity index (χ3v) is 4.48. The summed E-state index contributed by atoms with van der Waals surface area (Å²) in [6.07, 6.45) is 1.55. The van der Waals surface area contributed by atoms with Gasteiger partial charge < -0.3 is 14.2 Å². The van der Waals surface area contributed by atoms with Gasteiger partial charge in [0.05, 0.1) is 18.6 Å². The molecule has 8 nitrogen and oxygen atoms in total. The Morgan fingerprint density at radius 1 is 1.22 bits per heavy atom. The van der Waals surface area contributed by atoms with E-state index in [1.54, 1.807) is 37.3 Å². The topological polar surface area (TPSA) is 99.2 Å². The van der Waals surface area contributed by atoms with Gasteiger partial charge in [-0.25, -0.2) is 9.59 Å². The summed E-state index contributed by atoms with van der Waals surface area (Å²) in [7, 11) is 1.19. The molecular formula is C18H19NO7S. The molecule has 1 fully saturated rings. The van der Waals surface area contributed by atoms with Crippen LogP contribution in [0.3, 0.4) is 0 Å². The number of hydrogen-bond donors (Lipinski definition) is 0. The molecule has 0 aliphatic carbocycles. The molecule has 2 rings (SSSR count). The largest absolute Gasteiger partial charge is 0.482 e. The fourth-order valence-electron chi connectivity index (χ4n) is 2.25. The van der Waals surface area contributed by atoms with Crippen LogP contribution in [0.2, 0.25) is 0 Å². The molecule has 1 saturated heterocycles. The highest BCUT2D eigenvalue weighted by Crippen LogP contribution is 2.34. The third-order valence-electron chi connectivity index (χ3n) is 3.59. The first-order chi connectivity index (χ1) is 12.9. The van der Waals surface area contributed by atoms with Crippen LogP contribution in [0, 0.1) is 0 Å². The Bertz CT molecular complexity index is 772. The minimum absolute atomic E-state index is 0.197. The minimum atomic E-state index is -0.993. The second-order valence-electron chi connectivity index (χ2n) is 5.41. The van der Waals surface area contributed by atoms with Crippen LogP contribution in [0.25, 0.3) is 6.08 Å². The second-order valence-corrected chi connectivity index (χ2v) is 6.41. The zero-order valence-electron chi connectivity index (χ0n) is 15.1. The lowest BCUT2D eigenvalue weighted by atomic mass is 10.2. The Labute approximate surface area is 160 Å². The van der Waals surface area contributed by atoms with Crippen molar-refractivity contribution in [2.24, 2.45) is 0 Å². The van der Waals surface area contributed by atoms with Crippen LogP contribution in [-0.2, 0) is 23.9 Å². The van der Waals surface area contributed by atoms with E-state index in [-0.39, 0.29) is 18.1 Å². The Morgan fingerprint density at radius 2 is 1.89 bits per heavy atom. The summed E-state index contributed by atoms with van der Waals surface area (Å²) in [6.45, 7) is 3.23. The number of benzene rings is 1. The number of methoxy groups -OCH3 is 1. The summed E-state index contributed by atoms with van der Waals surface area (Å²) in [6, 6.07) is 5.63. The van der Waals surface area contributed by atoms with Gasteiger partial charge in [-0.3, -0.25) is 14.5 Å². The van der Waals surface area contributed by atoms with Gasteiger partial charge in [0.25, 0.3) is 11.1 Å². The number of esters is 2. The van der Waals surface area contributed by atoms with Crippen molar-refractivity contribution in [3.63, 3.8) is 0 Å². The molecule has 1 aliphatic rings. The van der Waals surface area contributed by atoms with Gasteiger partial charge in [0, 0.05) is 0 Å². The molecule has 0 spiro atoms. The lowest BCUT2D eigenvalue weighted by Crippen LogP contribution is -2.42. The summed E-state index contributed by atoms with van der Waals surface area (Å²) >= 11 is 0.755. The van der Waals surface area contributed by atoms with Crippen LogP contribution in [0.5, 0.6) is 5.75 Å². The average molecular weight is 393 g/mol.